The predicted octanol–water partition coefficient (Wildman–Crippen LogP) is 2.40. The zero-order valence-corrected chi connectivity index (χ0v) is 7.70. The molecule has 13 heavy (non-hydrogen) atoms. The molecular weight excluding hydrogens is 167 g/mol. The van der Waals surface area contributed by atoms with Crippen molar-refractivity contribution in [1.82, 2.24) is 0 Å². The average Bonchev–Trinajstić information content (AvgIpc) is 2.04. The Morgan fingerprint density at radius 2 is 2.31 bits per heavy atom. The van der Waals surface area contributed by atoms with Crippen molar-refractivity contribution in [2.75, 3.05) is 6.61 Å². The van der Waals surface area contributed by atoms with Crippen LogP contribution in [-0.2, 0) is 0 Å². The standard InChI is InChI=1S/C11H14FO/c1-9(5-6-13)7-10-3-2-4-11(12)8-10/h2-4,7-9,13H,5-6H2,1H3. The molecule has 0 spiro atoms. The summed E-state index contributed by atoms with van der Waals surface area (Å²) in [6.45, 7) is 2.17. The summed E-state index contributed by atoms with van der Waals surface area (Å²) in [6.07, 6.45) is 2.68. The molecule has 1 atom stereocenters. The minimum atomic E-state index is -0.218. The number of hydrogen-bond acceptors (Lipinski definition) is 1. The Hall–Kier alpha value is -0.890. The lowest BCUT2D eigenvalue weighted by molar-refractivity contribution is 0.271. The highest BCUT2D eigenvalue weighted by atomic mass is 19.1. The van der Waals surface area contributed by atoms with E-state index in [2.05, 4.69) is 0 Å². The van der Waals surface area contributed by atoms with Gasteiger partial charge >= 0.3 is 0 Å². The minimum absolute atomic E-state index is 0.174. The van der Waals surface area contributed by atoms with Crippen LogP contribution < -0.4 is 0 Å². The summed E-state index contributed by atoms with van der Waals surface area (Å²) < 4.78 is 12.7. The smallest absolute Gasteiger partial charge is 0.123 e. The van der Waals surface area contributed by atoms with Crippen molar-refractivity contribution in [3.8, 4) is 0 Å². The highest BCUT2D eigenvalue weighted by Crippen LogP contribution is 2.14. The van der Waals surface area contributed by atoms with Gasteiger partial charge in [0.2, 0.25) is 0 Å². The minimum Gasteiger partial charge on any atom is -0.396 e. The highest BCUT2D eigenvalue weighted by molar-refractivity contribution is 5.24. The van der Waals surface area contributed by atoms with Gasteiger partial charge in [0.1, 0.15) is 5.82 Å². The lowest BCUT2D eigenvalue weighted by Gasteiger charge is -2.08. The zero-order chi connectivity index (χ0) is 9.68. The van der Waals surface area contributed by atoms with Crippen LogP contribution in [0.25, 0.3) is 0 Å². The molecule has 1 aromatic carbocycles. The van der Waals surface area contributed by atoms with E-state index in [9.17, 15) is 4.39 Å². The second-order valence-corrected chi connectivity index (χ2v) is 3.21. The normalized spacial score (nSPS) is 12.8. The van der Waals surface area contributed by atoms with Gasteiger partial charge in [-0.05, 0) is 36.5 Å². The number of rotatable bonds is 4. The number of aliphatic hydroxyl groups excluding tert-OH is 1. The molecule has 0 saturated heterocycles. The molecule has 0 bridgehead atoms. The van der Waals surface area contributed by atoms with E-state index in [1.807, 2.05) is 19.4 Å². The van der Waals surface area contributed by atoms with Gasteiger partial charge in [-0.2, -0.15) is 0 Å². The number of halogens is 1. The van der Waals surface area contributed by atoms with Crippen LogP contribution in [0.15, 0.2) is 24.3 Å². The Morgan fingerprint density at radius 3 is 2.92 bits per heavy atom. The van der Waals surface area contributed by atoms with Gasteiger partial charge in [-0.1, -0.05) is 19.1 Å². The van der Waals surface area contributed by atoms with E-state index in [1.54, 1.807) is 6.07 Å². The van der Waals surface area contributed by atoms with E-state index in [0.29, 0.717) is 0 Å². The summed E-state index contributed by atoms with van der Waals surface area (Å²) in [5.74, 6) is 0.0664. The van der Waals surface area contributed by atoms with Gasteiger partial charge < -0.3 is 5.11 Å². The van der Waals surface area contributed by atoms with E-state index >= 15 is 0 Å². The molecule has 1 aromatic rings. The SMILES string of the molecule is CC([CH]c1cccc(F)c1)CCO. The lowest BCUT2D eigenvalue weighted by Crippen LogP contribution is -1.99. The summed E-state index contributed by atoms with van der Waals surface area (Å²) in [7, 11) is 0. The van der Waals surface area contributed by atoms with Crippen molar-refractivity contribution in [2.45, 2.75) is 13.3 Å². The predicted molar refractivity (Wildman–Crippen MR) is 50.7 cm³/mol. The Bertz CT molecular complexity index is 260. The molecule has 0 aliphatic rings. The third-order valence-corrected chi connectivity index (χ3v) is 1.91. The first-order valence-electron chi connectivity index (χ1n) is 4.43. The molecule has 71 valence electrons. The molecule has 1 rings (SSSR count). The fourth-order valence-corrected chi connectivity index (χ4v) is 1.23. The summed E-state index contributed by atoms with van der Waals surface area (Å²) in [5, 5.41) is 8.68. The van der Waals surface area contributed by atoms with Crippen molar-refractivity contribution in [2.24, 2.45) is 5.92 Å². The molecule has 0 amide bonds. The Labute approximate surface area is 78.2 Å². The Balaban J connectivity index is 2.53. The number of aliphatic hydroxyl groups is 1. The van der Waals surface area contributed by atoms with Gasteiger partial charge in [0.15, 0.2) is 0 Å². The second-order valence-electron chi connectivity index (χ2n) is 3.21. The molecule has 2 heteroatoms. The van der Waals surface area contributed by atoms with Crippen LogP contribution in [0, 0.1) is 18.2 Å². The van der Waals surface area contributed by atoms with Gasteiger partial charge in [0, 0.05) is 6.61 Å². The molecule has 1 nitrogen and oxygen atoms in total. The van der Waals surface area contributed by atoms with E-state index in [0.717, 1.165) is 12.0 Å². The highest BCUT2D eigenvalue weighted by Gasteiger charge is 2.03. The van der Waals surface area contributed by atoms with Crippen LogP contribution in [0.1, 0.15) is 18.9 Å². The molecular formula is C11H14FO. The van der Waals surface area contributed by atoms with E-state index in [-0.39, 0.29) is 18.3 Å². The van der Waals surface area contributed by atoms with E-state index in [4.69, 9.17) is 5.11 Å². The Kier molecular flexibility index (Phi) is 3.90. The Morgan fingerprint density at radius 1 is 1.54 bits per heavy atom. The lowest BCUT2D eigenvalue weighted by atomic mass is 9.98. The summed E-state index contributed by atoms with van der Waals surface area (Å²) in [5.41, 5.74) is 0.876. The van der Waals surface area contributed by atoms with Crippen molar-refractivity contribution >= 4 is 0 Å². The topological polar surface area (TPSA) is 20.2 Å². The van der Waals surface area contributed by atoms with Crippen LogP contribution in [0.2, 0.25) is 0 Å². The molecule has 0 aliphatic carbocycles. The molecule has 0 aliphatic heterocycles. The van der Waals surface area contributed by atoms with Crippen LogP contribution >= 0.6 is 0 Å². The maximum atomic E-state index is 12.7. The van der Waals surface area contributed by atoms with Gasteiger partial charge in [-0.15, -0.1) is 0 Å². The van der Waals surface area contributed by atoms with Gasteiger partial charge in [-0.25, -0.2) is 4.39 Å². The van der Waals surface area contributed by atoms with Gasteiger partial charge in [-0.3, -0.25) is 0 Å². The van der Waals surface area contributed by atoms with Crippen molar-refractivity contribution in [3.63, 3.8) is 0 Å². The first-order valence-corrected chi connectivity index (χ1v) is 4.43. The van der Waals surface area contributed by atoms with Gasteiger partial charge in [0.25, 0.3) is 0 Å². The first-order chi connectivity index (χ1) is 6.22. The third kappa shape index (κ3) is 3.55. The summed E-state index contributed by atoms with van der Waals surface area (Å²) in [4.78, 5) is 0. The van der Waals surface area contributed by atoms with Crippen LogP contribution in [0.3, 0.4) is 0 Å². The molecule has 0 aromatic heterocycles. The van der Waals surface area contributed by atoms with Crippen molar-refractivity contribution in [1.29, 1.82) is 0 Å². The van der Waals surface area contributed by atoms with Gasteiger partial charge in [0.05, 0.1) is 0 Å². The first kappa shape index (κ1) is 10.2. The molecule has 0 saturated carbocycles. The third-order valence-electron chi connectivity index (χ3n) is 1.91. The molecule has 1 unspecified atom stereocenters. The fourth-order valence-electron chi connectivity index (χ4n) is 1.23. The fraction of sp³-hybridized carbons (Fsp3) is 0.364. The molecule has 0 fully saturated rings. The molecule has 1 N–H and O–H groups in total. The summed E-state index contributed by atoms with van der Waals surface area (Å²) in [6, 6.07) is 6.46. The monoisotopic (exact) mass is 181 g/mol. The van der Waals surface area contributed by atoms with Crippen molar-refractivity contribution in [3.05, 3.63) is 42.1 Å². The molecule has 0 heterocycles. The van der Waals surface area contributed by atoms with Crippen LogP contribution in [-0.4, -0.2) is 11.7 Å². The summed E-state index contributed by atoms with van der Waals surface area (Å²) >= 11 is 0. The van der Waals surface area contributed by atoms with E-state index < -0.39 is 0 Å². The zero-order valence-electron chi connectivity index (χ0n) is 7.70. The maximum Gasteiger partial charge on any atom is 0.123 e. The quantitative estimate of drug-likeness (QED) is 0.756. The molecule has 1 radical (unpaired) electrons. The van der Waals surface area contributed by atoms with E-state index in [1.165, 1.54) is 12.1 Å². The second kappa shape index (κ2) is 4.97. The maximum absolute atomic E-state index is 12.7. The average molecular weight is 181 g/mol. The van der Waals surface area contributed by atoms with Crippen molar-refractivity contribution < 1.29 is 9.50 Å². The van der Waals surface area contributed by atoms with Crippen LogP contribution in [0.5, 0.6) is 0 Å². The largest absolute Gasteiger partial charge is 0.396 e. The number of benzene rings is 1. The van der Waals surface area contributed by atoms with Crippen LogP contribution in [0.4, 0.5) is 4.39 Å². The number of hydrogen-bond donors (Lipinski definition) is 1.